The van der Waals surface area contributed by atoms with Gasteiger partial charge in [-0.2, -0.15) is 5.26 Å². The number of rotatable bonds is 2. The Hall–Kier alpha value is -1.89. The number of nitrogens with zero attached hydrogens (tertiary/aromatic N) is 1. The molecule has 0 bridgehead atoms. The van der Waals surface area contributed by atoms with Crippen LogP contribution in [0.3, 0.4) is 0 Å². The van der Waals surface area contributed by atoms with E-state index in [-0.39, 0.29) is 23.6 Å². The van der Waals surface area contributed by atoms with E-state index >= 15 is 0 Å². The lowest BCUT2D eigenvalue weighted by Crippen LogP contribution is -2.51. The summed E-state index contributed by atoms with van der Waals surface area (Å²) in [5.74, 6) is 0.981. The third-order valence-electron chi connectivity index (χ3n) is 7.73. The van der Waals surface area contributed by atoms with Gasteiger partial charge in [0, 0.05) is 18.8 Å². The first-order valence-corrected chi connectivity index (χ1v) is 9.92. The highest BCUT2D eigenvalue weighted by Crippen LogP contribution is 2.65. The number of carbonyl (C=O) groups excluding carboxylic acids is 2. The van der Waals surface area contributed by atoms with E-state index in [1.807, 2.05) is 6.08 Å². The fourth-order valence-corrected chi connectivity index (χ4v) is 6.52. The van der Waals surface area contributed by atoms with Crippen molar-refractivity contribution in [2.45, 2.75) is 77.2 Å². The van der Waals surface area contributed by atoms with Crippen LogP contribution in [0.5, 0.6) is 0 Å². The number of nitriles is 1. The third kappa shape index (κ3) is 2.40. The number of hydrogen-bond donors (Lipinski definition) is 0. The summed E-state index contributed by atoms with van der Waals surface area (Å²) >= 11 is 0. The molecule has 4 atom stereocenters. The first-order valence-electron chi connectivity index (χ1n) is 9.92. The standard InChI is InChI=1S/C22H27NO3/c1-14(24)26-22(11-12-23)10-8-20-19-5-3-15-13-16(25)4-6-17(15)18(19)7-9-21(20,22)2/h13,19-20H,3-11H2,1-2H3/t19-,20+,21+,22-/m1/s1. The highest BCUT2D eigenvalue weighted by molar-refractivity contribution is 5.93. The molecule has 0 amide bonds. The summed E-state index contributed by atoms with van der Waals surface area (Å²) in [7, 11) is 0. The first-order chi connectivity index (χ1) is 12.4. The molecule has 0 aliphatic heterocycles. The lowest BCUT2D eigenvalue weighted by molar-refractivity contribution is -0.174. The minimum Gasteiger partial charge on any atom is -0.458 e. The molecule has 0 unspecified atom stereocenters. The Morgan fingerprint density at radius 3 is 2.81 bits per heavy atom. The molecule has 4 heteroatoms. The van der Waals surface area contributed by atoms with Gasteiger partial charge in [0.2, 0.25) is 0 Å². The van der Waals surface area contributed by atoms with Crippen LogP contribution in [0.15, 0.2) is 22.8 Å². The lowest BCUT2D eigenvalue weighted by Gasteiger charge is -2.52. The van der Waals surface area contributed by atoms with Gasteiger partial charge < -0.3 is 4.74 Å². The zero-order chi connectivity index (χ0) is 18.5. The van der Waals surface area contributed by atoms with Gasteiger partial charge in [0.05, 0.1) is 12.5 Å². The van der Waals surface area contributed by atoms with Crippen LogP contribution in [0, 0.1) is 28.6 Å². The van der Waals surface area contributed by atoms with Crippen molar-refractivity contribution in [3.8, 4) is 6.07 Å². The maximum atomic E-state index is 11.8. The Labute approximate surface area is 155 Å². The normalized spacial score (nSPS) is 38.7. The molecule has 26 heavy (non-hydrogen) atoms. The van der Waals surface area contributed by atoms with E-state index < -0.39 is 5.60 Å². The molecule has 2 fully saturated rings. The van der Waals surface area contributed by atoms with Crippen molar-refractivity contribution in [2.75, 3.05) is 0 Å². The van der Waals surface area contributed by atoms with Gasteiger partial charge in [-0.05, 0) is 74.0 Å². The van der Waals surface area contributed by atoms with Crippen LogP contribution in [0.1, 0.15) is 71.6 Å². The topological polar surface area (TPSA) is 67.2 Å². The minimum atomic E-state index is -0.632. The number of allylic oxidation sites excluding steroid dienone is 4. The molecule has 0 N–H and O–H groups in total. The zero-order valence-electron chi connectivity index (χ0n) is 15.8. The van der Waals surface area contributed by atoms with Gasteiger partial charge in [-0.25, -0.2) is 0 Å². The van der Waals surface area contributed by atoms with E-state index in [0.717, 1.165) is 44.9 Å². The van der Waals surface area contributed by atoms with Crippen molar-refractivity contribution in [3.05, 3.63) is 22.8 Å². The maximum absolute atomic E-state index is 11.8. The van der Waals surface area contributed by atoms with Gasteiger partial charge >= 0.3 is 5.97 Å². The zero-order valence-corrected chi connectivity index (χ0v) is 15.8. The van der Waals surface area contributed by atoms with Crippen molar-refractivity contribution in [2.24, 2.45) is 17.3 Å². The number of fused-ring (bicyclic) bond motifs is 4. The van der Waals surface area contributed by atoms with Crippen LogP contribution in [0.2, 0.25) is 0 Å². The maximum Gasteiger partial charge on any atom is 0.303 e. The van der Waals surface area contributed by atoms with Crippen LogP contribution < -0.4 is 0 Å². The molecule has 4 aliphatic carbocycles. The van der Waals surface area contributed by atoms with Gasteiger partial charge in [-0.3, -0.25) is 9.59 Å². The number of ketones is 1. The largest absolute Gasteiger partial charge is 0.458 e. The second-order valence-corrected chi connectivity index (χ2v) is 8.77. The predicted molar refractivity (Wildman–Crippen MR) is 96.9 cm³/mol. The molecule has 0 saturated heterocycles. The Balaban J connectivity index is 1.72. The monoisotopic (exact) mass is 353 g/mol. The summed E-state index contributed by atoms with van der Waals surface area (Å²) in [4.78, 5) is 23.6. The van der Waals surface area contributed by atoms with Gasteiger partial charge in [-0.1, -0.05) is 12.5 Å². The van der Waals surface area contributed by atoms with Crippen LogP contribution in [0.25, 0.3) is 0 Å². The molecule has 0 aromatic heterocycles. The van der Waals surface area contributed by atoms with Crippen molar-refractivity contribution < 1.29 is 14.3 Å². The number of ether oxygens (including phenoxy) is 1. The molecule has 0 aromatic carbocycles. The second kappa shape index (κ2) is 6.08. The van der Waals surface area contributed by atoms with Crippen molar-refractivity contribution in [3.63, 3.8) is 0 Å². The van der Waals surface area contributed by atoms with Crippen molar-refractivity contribution in [1.29, 1.82) is 5.26 Å². The highest BCUT2D eigenvalue weighted by Gasteiger charge is 2.63. The summed E-state index contributed by atoms with van der Waals surface area (Å²) in [5.41, 5.74) is 3.53. The van der Waals surface area contributed by atoms with Crippen LogP contribution in [-0.2, 0) is 14.3 Å². The van der Waals surface area contributed by atoms with Crippen LogP contribution in [0.4, 0.5) is 0 Å². The lowest BCUT2D eigenvalue weighted by atomic mass is 9.54. The van der Waals surface area contributed by atoms with Gasteiger partial charge in [0.1, 0.15) is 5.60 Å². The smallest absolute Gasteiger partial charge is 0.303 e. The van der Waals surface area contributed by atoms with Crippen LogP contribution >= 0.6 is 0 Å². The SMILES string of the molecule is CC(=O)O[C@@]1(CC#N)CC[C@H]2[C@@H]3CCC4=CC(=O)CCC4=C3CC[C@@]21C. The minimum absolute atomic E-state index is 0.130. The molecule has 4 aliphatic rings. The summed E-state index contributed by atoms with van der Waals surface area (Å²) in [6.07, 6.45) is 9.56. The van der Waals surface area contributed by atoms with E-state index in [1.54, 1.807) is 5.57 Å². The molecule has 138 valence electrons. The molecule has 0 radical (unpaired) electrons. The van der Waals surface area contributed by atoms with E-state index in [1.165, 1.54) is 18.1 Å². The Morgan fingerprint density at radius 1 is 1.27 bits per heavy atom. The number of hydrogen-bond acceptors (Lipinski definition) is 4. The van der Waals surface area contributed by atoms with Crippen molar-refractivity contribution >= 4 is 11.8 Å². The molecular formula is C22H27NO3. The fraction of sp³-hybridized carbons (Fsp3) is 0.682. The van der Waals surface area contributed by atoms with Gasteiger partial charge in [0.25, 0.3) is 0 Å². The van der Waals surface area contributed by atoms with Gasteiger partial charge in [-0.15, -0.1) is 0 Å². The summed E-state index contributed by atoms with van der Waals surface area (Å²) in [6, 6.07) is 2.30. The Kier molecular flexibility index (Phi) is 4.10. The summed E-state index contributed by atoms with van der Waals surface area (Å²) < 4.78 is 5.88. The average molecular weight is 353 g/mol. The quantitative estimate of drug-likeness (QED) is 0.690. The Morgan fingerprint density at radius 2 is 2.08 bits per heavy atom. The number of carbonyl (C=O) groups is 2. The summed E-state index contributed by atoms with van der Waals surface area (Å²) in [6.45, 7) is 3.71. The molecular weight excluding hydrogens is 326 g/mol. The Bertz CT molecular complexity index is 771. The van der Waals surface area contributed by atoms with E-state index in [9.17, 15) is 14.9 Å². The third-order valence-corrected chi connectivity index (χ3v) is 7.73. The fourth-order valence-electron chi connectivity index (χ4n) is 6.52. The second-order valence-electron chi connectivity index (χ2n) is 8.77. The summed E-state index contributed by atoms with van der Waals surface area (Å²) in [5, 5.41) is 9.43. The van der Waals surface area contributed by atoms with E-state index in [2.05, 4.69) is 13.0 Å². The number of esters is 1. The average Bonchev–Trinajstić information content (AvgIpc) is 2.86. The molecule has 4 rings (SSSR count). The highest BCUT2D eigenvalue weighted by atomic mass is 16.6. The van der Waals surface area contributed by atoms with Gasteiger partial charge in [0.15, 0.2) is 5.78 Å². The first kappa shape index (κ1) is 17.5. The molecule has 0 spiro atoms. The molecule has 0 heterocycles. The predicted octanol–water partition coefficient (Wildman–Crippen LogP) is 4.41. The van der Waals surface area contributed by atoms with E-state index in [0.29, 0.717) is 18.3 Å². The van der Waals surface area contributed by atoms with E-state index in [4.69, 9.17) is 4.74 Å². The molecule has 0 aromatic rings. The van der Waals surface area contributed by atoms with Crippen molar-refractivity contribution in [1.82, 2.24) is 0 Å². The molecule has 4 nitrogen and oxygen atoms in total. The molecule has 2 saturated carbocycles. The van der Waals surface area contributed by atoms with Crippen LogP contribution in [-0.4, -0.2) is 17.4 Å².